The molecule has 3 N–H and O–H groups in total. The van der Waals surface area contributed by atoms with Gasteiger partial charge in [0.25, 0.3) is 0 Å². The molecule has 0 fully saturated rings. The van der Waals surface area contributed by atoms with Crippen molar-refractivity contribution in [2.75, 3.05) is 10.6 Å². The summed E-state index contributed by atoms with van der Waals surface area (Å²) in [6, 6.07) is 1.68. The Morgan fingerprint density at radius 1 is 1.25 bits per heavy atom. The zero-order valence-electron chi connectivity index (χ0n) is 11.7. The Morgan fingerprint density at radius 2 is 1.75 bits per heavy atom. The maximum Gasteiger partial charge on any atom is 0.416 e. The minimum atomic E-state index is -4.53. The van der Waals surface area contributed by atoms with Crippen LogP contribution in [0.15, 0.2) is 12.1 Å². The third-order valence-corrected chi connectivity index (χ3v) is 3.10. The molecule has 0 heterocycles. The van der Waals surface area contributed by atoms with E-state index < -0.39 is 23.5 Å². The van der Waals surface area contributed by atoms with E-state index in [0.717, 1.165) is 12.1 Å². The van der Waals surface area contributed by atoms with Gasteiger partial charge in [-0.25, -0.2) is 0 Å². The zero-order valence-corrected chi connectivity index (χ0v) is 12.5. The van der Waals surface area contributed by atoms with Crippen LogP contribution >= 0.6 is 11.6 Å². The van der Waals surface area contributed by atoms with Crippen LogP contribution in [0.1, 0.15) is 33.3 Å². The Morgan fingerprint density at radius 3 is 2.10 bits per heavy atom. The molecule has 114 valence electrons. The van der Waals surface area contributed by atoms with Gasteiger partial charge in [0, 0.05) is 5.54 Å². The van der Waals surface area contributed by atoms with Crippen LogP contribution in [0.25, 0.3) is 0 Å². The summed E-state index contributed by atoms with van der Waals surface area (Å²) in [5, 5.41) is 9.67. The number of rotatable bonds is 2. The van der Waals surface area contributed by atoms with Gasteiger partial charge in [0.1, 0.15) is 6.23 Å². The fourth-order valence-electron chi connectivity index (χ4n) is 2.09. The van der Waals surface area contributed by atoms with Crippen LogP contribution in [0.3, 0.4) is 0 Å². The predicted octanol–water partition coefficient (Wildman–Crippen LogP) is 3.88. The van der Waals surface area contributed by atoms with Crippen molar-refractivity contribution in [3.05, 3.63) is 22.7 Å². The summed E-state index contributed by atoms with van der Waals surface area (Å²) < 4.78 is 38.6. The molecule has 1 unspecified atom stereocenters. The van der Waals surface area contributed by atoms with Crippen LogP contribution in [0.4, 0.5) is 24.5 Å². The Bertz CT molecular complexity index is 496. The minimum absolute atomic E-state index is 0.00971. The van der Waals surface area contributed by atoms with Crippen LogP contribution in [-0.4, -0.2) is 16.9 Å². The summed E-state index contributed by atoms with van der Waals surface area (Å²) in [5.41, 5.74) is 4.32. The first-order valence-corrected chi connectivity index (χ1v) is 6.37. The van der Waals surface area contributed by atoms with Crippen molar-refractivity contribution in [1.82, 2.24) is 0 Å². The van der Waals surface area contributed by atoms with Gasteiger partial charge >= 0.3 is 6.18 Å². The molecule has 20 heavy (non-hydrogen) atoms. The number of hydrogen-bond acceptors (Lipinski definition) is 3. The summed E-state index contributed by atoms with van der Waals surface area (Å²) in [7, 11) is 0. The van der Waals surface area contributed by atoms with Gasteiger partial charge in [-0.3, -0.25) is 0 Å². The third kappa shape index (κ3) is 3.49. The van der Waals surface area contributed by atoms with E-state index in [2.05, 4.69) is 0 Å². The highest BCUT2D eigenvalue weighted by Crippen LogP contribution is 2.41. The number of alkyl halides is 3. The predicted molar refractivity (Wildman–Crippen MR) is 74.8 cm³/mol. The number of nitrogens with two attached hydrogens (primary N) is 1. The topological polar surface area (TPSA) is 49.5 Å². The molecule has 3 nitrogen and oxygen atoms in total. The molecule has 0 radical (unpaired) electrons. The van der Waals surface area contributed by atoms with Gasteiger partial charge in [0.05, 0.1) is 22.0 Å². The summed E-state index contributed by atoms with van der Waals surface area (Å²) in [4.78, 5) is 1.39. The van der Waals surface area contributed by atoms with Crippen molar-refractivity contribution in [3.63, 3.8) is 0 Å². The highest BCUT2D eigenvalue weighted by molar-refractivity contribution is 6.33. The van der Waals surface area contributed by atoms with E-state index in [4.69, 9.17) is 17.3 Å². The van der Waals surface area contributed by atoms with E-state index in [1.165, 1.54) is 11.8 Å². The molecule has 1 rings (SSSR count). The number of aliphatic hydroxyl groups is 1. The first kappa shape index (κ1) is 16.9. The maximum atomic E-state index is 12.9. The number of aliphatic hydroxyl groups excluding tert-OH is 1. The average Bonchev–Trinajstić information content (AvgIpc) is 2.20. The van der Waals surface area contributed by atoms with Gasteiger partial charge in [-0.2, -0.15) is 13.2 Å². The van der Waals surface area contributed by atoms with Crippen molar-refractivity contribution in [3.8, 4) is 0 Å². The first-order valence-electron chi connectivity index (χ1n) is 5.99. The minimum Gasteiger partial charge on any atom is -0.396 e. The van der Waals surface area contributed by atoms with E-state index in [1.807, 2.05) is 0 Å². The maximum absolute atomic E-state index is 12.9. The molecule has 0 saturated carbocycles. The van der Waals surface area contributed by atoms with E-state index >= 15 is 0 Å². The van der Waals surface area contributed by atoms with Crippen LogP contribution in [0.5, 0.6) is 0 Å². The van der Waals surface area contributed by atoms with Gasteiger partial charge in [0.15, 0.2) is 0 Å². The van der Waals surface area contributed by atoms with Crippen LogP contribution in [0.2, 0.25) is 5.02 Å². The second kappa shape index (κ2) is 5.33. The molecule has 0 aliphatic carbocycles. The highest BCUT2D eigenvalue weighted by Gasteiger charge is 2.35. The molecule has 0 spiro atoms. The van der Waals surface area contributed by atoms with Gasteiger partial charge in [0.2, 0.25) is 0 Å². The monoisotopic (exact) mass is 310 g/mol. The van der Waals surface area contributed by atoms with E-state index in [9.17, 15) is 18.3 Å². The number of anilines is 2. The fourth-order valence-corrected chi connectivity index (χ4v) is 2.30. The summed E-state index contributed by atoms with van der Waals surface area (Å²) in [6.45, 7) is 6.73. The van der Waals surface area contributed by atoms with Crippen molar-refractivity contribution in [2.24, 2.45) is 0 Å². The lowest BCUT2D eigenvalue weighted by Gasteiger charge is -2.41. The van der Waals surface area contributed by atoms with Crippen molar-refractivity contribution < 1.29 is 18.3 Å². The SMILES string of the molecule is CC(O)N(c1cc(C(F)(F)F)cc(Cl)c1N)C(C)(C)C. The molecule has 7 heteroatoms. The molecule has 0 bridgehead atoms. The lowest BCUT2D eigenvalue weighted by molar-refractivity contribution is -0.137. The zero-order chi connectivity index (χ0) is 15.9. The number of halogens is 4. The molecule has 1 aromatic rings. The second-order valence-electron chi connectivity index (χ2n) is 5.56. The number of nitrogen functional groups attached to an aromatic ring is 1. The average molecular weight is 311 g/mol. The van der Waals surface area contributed by atoms with Crippen molar-refractivity contribution >= 4 is 23.0 Å². The molecule has 0 aliphatic rings. The Kier molecular flexibility index (Phi) is 4.51. The lowest BCUT2D eigenvalue weighted by Crippen LogP contribution is -2.47. The van der Waals surface area contributed by atoms with Gasteiger partial charge in [-0.1, -0.05) is 11.6 Å². The highest BCUT2D eigenvalue weighted by atomic mass is 35.5. The van der Waals surface area contributed by atoms with E-state index in [-0.39, 0.29) is 16.4 Å². The molecular weight excluding hydrogens is 293 g/mol. The molecule has 0 aromatic heterocycles. The Balaban J connectivity index is 3.54. The van der Waals surface area contributed by atoms with Crippen LogP contribution in [0, 0.1) is 0 Å². The van der Waals surface area contributed by atoms with Gasteiger partial charge < -0.3 is 15.7 Å². The lowest BCUT2D eigenvalue weighted by atomic mass is 10.0. The Hall–Kier alpha value is -1.14. The summed E-state index contributed by atoms with van der Waals surface area (Å²) >= 11 is 5.79. The normalized spacial score (nSPS) is 14.2. The fraction of sp³-hybridized carbons (Fsp3) is 0.538. The molecule has 0 aliphatic heterocycles. The van der Waals surface area contributed by atoms with Crippen molar-refractivity contribution in [1.29, 1.82) is 0 Å². The number of benzene rings is 1. The Labute approximate surface area is 121 Å². The van der Waals surface area contributed by atoms with Crippen LogP contribution in [-0.2, 0) is 6.18 Å². The first-order chi connectivity index (χ1) is 8.85. The van der Waals surface area contributed by atoms with Crippen LogP contribution < -0.4 is 10.6 Å². The van der Waals surface area contributed by atoms with Gasteiger partial charge in [-0.15, -0.1) is 0 Å². The smallest absolute Gasteiger partial charge is 0.396 e. The summed E-state index contributed by atoms with van der Waals surface area (Å²) in [6.07, 6.45) is -5.55. The van der Waals surface area contributed by atoms with Gasteiger partial charge in [-0.05, 0) is 39.8 Å². The standard InChI is InChI=1S/C13H18ClF3N2O/c1-7(20)19(12(2,3)4)10-6-8(13(15,16)17)5-9(14)11(10)18/h5-7,20H,18H2,1-4H3. The molecular formula is C13H18ClF3N2O. The third-order valence-electron chi connectivity index (χ3n) is 2.79. The largest absolute Gasteiger partial charge is 0.416 e. The second-order valence-corrected chi connectivity index (χ2v) is 5.97. The van der Waals surface area contributed by atoms with Crippen molar-refractivity contribution in [2.45, 2.75) is 45.6 Å². The number of nitrogens with zero attached hydrogens (tertiary/aromatic N) is 1. The van der Waals surface area contributed by atoms with E-state index in [1.54, 1.807) is 20.8 Å². The molecule has 0 amide bonds. The molecule has 0 saturated heterocycles. The quantitative estimate of drug-likeness (QED) is 0.643. The molecule has 1 atom stereocenters. The van der Waals surface area contributed by atoms with E-state index in [0.29, 0.717) is 0 Å². The molecule has 1 aromatic carbocycles. The summed E-state index contributed by atoms with van der Waals surface area (Å²) in [5.74, 6) is 0. The number of hydrogen-bond donors (Lipinski definition) is 2.